The summed E-state index contributed by atoms with van der Waals surface area (Å²) in [5, 5.41) is 4.29. The van der Waals surface area contributed by atoms with Gasteiger partial charge in [0.2, 0.25) is 0 Å². The molecule has 0 radical (unpaired) electrons. The molecule has 0 bridgehead atoms. The van der Waals surface area contributed by atoms with E-state index in [9.17, 15) is 0 Å². The summed E-state index contributed by atoms with van der Waals surface area (Å²) in [5.41, 5.74) is 3.67. The van der Waals surface area contributed by atoms with Crippen molar-refractivity contribution in [3.8, 4) is 0 Å². The molecule has 1 atom stereocenters. The van der Waals surface area contributed by atoms with Crippen LogP contribution in [0.25, 0.3) is 0 Å². The minimum Gasteiger partial charge on any atom is -0.382 e. The number of rotatable bonds is 8. The minimum absolute atomic E-state index is 0.0312. The highest BCUT2D eigenvalue weighted by atomic mass is 16.5. The predicted molar refractivity (Wildman–Crippen MR) is 60.6 cm³/mol. The van der Waals surface area contributed by atoms with Gasteiger partial charge in [0.15, 0.2) is 0 Å². The maximum absolute atomic E-state index is 5.48. The van der Waals surface area contributed by atoms with Crippen LogP contribution in [0.4, 0.5) is 0 Å². The topological polar surface area (TPSA) is 74.3 Å². The molecule has 0 aliphatic heterocycles. The van der Waals surface area contributed by atoms with E-state index >= 15 is 0 Å². The Balaban J connectivity index is 2.27. The summed E-state index contributed by atoms with van der Waals surface area (Å²) in [4.78, 5) is 0. The molecule has 92 valence electrons. The second-order valence-corrected chi connectivity index (χ2v) is 3.53. The van der Waals surface area contributed by atoms with Gasteiger partial charge in [-0.15, -0.1) is 0 Å². The highest BCUT2D eigenvalue weighted by molar-refractivity contribution is 5.04. The van der Waals surface area contributed by atoms with E-state index in [-0.39, 0.29) is 6.04 Å². The largest absolute Gasteiger partial charge is 0.382 e. The molecule has 0 saturated heterocycles. The number of nitrogens with two attached hydrogens (primary N) is 1. The Morgan fingerprint density at radius 2 is 2.31 bits per heavy atom. The lowest BCUT2D eigenvalue weighted by atomic mass is 10.1. The molecule has 1 rings (SSSR count). The summed E-state index contributed by atoms with van der Waals surface area (Å²) >= 11 is 0. The van der Waals surface area contributed by atoms with Crippen LogP contribution in [0.1, 0.15) is 18.2 Å². The first-order chi connectivity index (χ1) is 7.77. The van der Waals surface area contributed by atoms with Crippen molar-refractivity contribution in [2.24, 2.45) is 12.9 Å². The quantitative estimate of drug-likeness (QED) is 0.371. The van der Waals surface area contributed by atoms with Crippen molar-refractivity contribution < 1.29 is 9.47 Å². The fraction of sp³-hybridized carbons (Fsp3) is 0.700. The lowest BCUT2D eigenvalue weighted by Gasteiger charge is -2.13. The van der Waals surface area contributed by atoms with Gasteiger partial charge in [-0.1, -0.05) is 0 Å². The molecule has 1 aromatic heterocycles. The Hall–Kier alpha value is -0.950. The normalized spacial score (nSPS) is 12.9. The van der Waals surface area contributed by atoms with Gasteiger partial charge in [-0.2, -0.15) is 5.10 Å². The number of nitrogens with zero attached hydrogens (tertiary/aromatic N) is 2. The van der Waals surface area contributed by atoms with Gasteiger partial charge >= 0.3 is 0 Å². The Labute approximate surface area is 95.7 Å². The van der Waals surface area contributed by atoms with Gasteiger partial charge in [0, 0.05) is 27.0 Å². The van der Waals surface area contributed by atoms with Crippen molar-refractivity contribution in [2.75, 3.05) is 26.9 Å². The van der Waals surface area contributed by atoms with E-state index in [1.807, 2.05) is 19.3 Å². The van der Waals surface area contributed by atoms with Crippen molar-refractivity contribution >= 4 is 0 Å². The Bertz CT molecular complexity index is 290. The smallest absolute Gasteiger partial charge is 0.0808 e. The van der Waals surface area contributed by atoms with Gasteiger partial charge in [0.05, 0.1) is 24.9 Å². The standard InChI is InChI=1S/C10H20N4O2/c1-14-5-3-10(13-14)9(12-11)4-6-16-8-7-15-2/h3,5,9,12H,4,6-8,11H2,1-2H3. The number of hydrogen-bond donors (Lipinski definition) is 2. The van der Waals surface area contributed by atoms with Gasteiger partial charge in [-0.3, -0.25) is 16.0 Å². The third-order valence-electron chi connectivity index (χ3n) is 2.28. The number of hydrogen-bond acceptors (Lipinski definition) is 5. The number of methoxy groups -OCH3 is 1. The van der Waals surface area contributed by atoms with Crippen LogP contribution in [0.5, 0.6) is 0 Å². The van der Waals surface area contributed by atoms with Crippen LogP contribution in [0.15, 0.2) is 12.3 Å². The molecule has 0 fully saturated rings. The van der Waals surface area contributed by atoms with Gasteiger partial charge in [-0.05, 0) is 12.5 Å². The summed E-state index contributed by atoms with van der Waals surface area (Å²) in [5.74, 6) is 5.48. The third-order valence-corrected chi connectivity index (χ3v) is 2.28. The number of ether oxygens (including phenoxy) is 2. The van der Waals surface area contributed by atoms with Crippen molar-refractivity contribution in [1.29, 1.82) is 0 Å². The summed E-state index contributed by atoms with van der Waals surface area (Å²) in [6.07, 6.45) is 2.68. The van der Waals surface area contributed by atoms with Gasteiger partial charge < -0.3 is 9.47 Å². The zero-order valence-corrected chi connectivity index (χ0v) is 9.85. The highest BCUT2D eigenvalue weighted by Crippen LogP contribution is 2.12. The van der Waals surface area contributed by atoms with Gasteiger partial charge in [0.1, 0.15) is 0 Å². The Morgan fingerprint density at radius 3 is 2.88 bits per heavy atom. The molecule has 6 nitrogen and oxygen atoms in total. The molecule has 0 aromatic carbocycles. The monoisotopic (exact) mass is 228 g/mol. The summed E-state index contributed by atoms with van der Waals surface area (Å²) in [6.45, 7) is 1.86. The average Bonchev–Trinajstić information content (AvgIpc) is 2.70. The molecular formula is C10H20N4O2. The molecule has 0 spiro atoms. The first-order valence-corrected chi connectivity index (χ1v) is 5.30. The van der Waals surface area contributed by atoms with Crippen molar-refractivity contribution in [3.63, 3.8) is 0 Å². The molecule has 1 aromatic rings. The fourth-order valence-corrected chi connectivity index (χ4v) is 1.38. The Morgan fingerprint density at radius 1 is 1.50 bits per heavy atom. The van der Waals surface area contributed by atoms with Gasteiger partial charge in [-0.25, -0.2) is 0 Å². The van der Waals surface area contributed by atoms with Crippen LogP contribution < -0.4 is 11.3 Å². The second-order valence-electron chi connectivity index (χ2n) is 3.53. The first kappa shape index (κ1) is 13.1. The lowest BCUT2D eigenvalue weighted by molar-refractivity contribution is 0.0656. The minimum atomic E-state index is 0.0312. The molecular weight excluding hydrogens is 208 g/mol. The molecule has 3 N–H and O–H groups in total. The van der Waals surface area contributed by atoms with Crippen LogP contribution in [0, 0.1) is 0 Å². The van der Waals surface area contributed by atoms with E-state index in [0.29, 0.717) is 19.8 Å². The molecule has 1 unspecified atom stereocenters. The maximum Gasteiger partial charge on any atom is 0.0808 e. The SMILES string of the molecule is COCCOCCC(NN)c1ccn(C)n1. The lowest BCUT2D eigenvalue weighted by Crippen LogP contribution is -2.29. The number of aromatic nitrogens is 2. The zero-order valence-electron chi connectivity index (χ0n) is 9.85. The summed E-state index contributed by atoms with van der Waals surface area (Å²) in [7, 11) is 3.54. The molecule has 0 aliphatic rings. The Kier molecular flexibility index (Phi) is 6.02. The maximum atomic E-state index is 5.48. The number of hydrazine groups is 1. The zero-order chi connectivity index (χ0) is 11.8. The highest BCUT2D eigenvalue weighted by Gasteiger charge is 2.11. The molecule has 0 amide bonds. The van der Waals surface area contributed by atoms with Crippen molar-refractivity contribution in [2.45, 2.75) is 12.5 Å². The van der Waals surface area contributed by atoms with Crippen LogP contribution >= 0.6 is 0 Å². The first-order valence-electron chi connectivity index (χ1n) is 5.30. The fourth-order valence-electron chi connectivity index (χ4n) is 1.38. The molecule has 0 saturated carbocycles. The molecule has 1 heterocycles. The van der Waals surface area contributed by atoms with Crippen LogP contribution in [-0.4, -0.2) is 36.7 Å². The molecule has 6 heteroatoms. The number of aryl methyl sites for hydroxylation is 1. The van der Waals surface area contributed by atoms with Crippen LogP contribution in [-0.2, 0) is 16.5 Å². The second kappa shape index (κ2) is 7.34. The van der Waals surface area contributed by atoms with Crippen LogP contribution in [0.3, 0.4) is 0 Å². The van der Waals surface area contributed by atoms with E-state index in [1.165, 1.54) is 0 Å². The molecule has 0 aliphatic carbocycles. The molecule has 16 heavy (non-hydrogen) atoms. The van der Waals surface area contributed by atoms with Crippen molar-refractivity contribution in [3.05, 3.63) is 18.0 Å². The van der Waals surface area contributed by atoms with E-state index in [4.69, 9.17) is 15.3 Å². The summed E-state index contributed by atoms with van der Waals surface area (Å²) in [6, 6.07) is 1.98. The average molecular weight is 228 g/mol. The summed E-state index contributed by atoms with van der Waals surface area (Å²) < 4.78 is 12.0. The van der Waals surface area contributed by atoms with E-state index < -0.39 is 0 Å². The predicted octanol–water partition coefficient (Wildman–Crippen LogP) is -0.0224. The van der Waals surface area contributed by atoms with Crippen LogP contribution in [0.2, 0.25) is 0 Å². The van der Waals surface area contributed by atoms with Crippen molar-refractivity contribution in [1.82, 2.24) is 15.2 Å². The van der Waals surface area contributed by atoms with E-state index in [2.05, 4.69) is 10.5 Å². The van der Waals surface area contributed by atoms with E-state index in [0.717, 1.165) is 12.1 Å². The van der Waals surface area contributed by atoms with Gasteiger partial charge in [0.25, 0.3) is 0 Å². The third kappa shape index (κ3) is 4.28. The number of nitrogens with one attached hydrogen (secondary N) is 1. The van der Waals surface area contributed by atoms with E-state index in [1.54, 1.807) is 11.8 Å².